The number of nitrogens with one attached hydrogen (secondary N) is 1. The monoisotopic (exact) mass is 282 g/mol. The lowest BCUT2D eigenvalue weighted by molar-refractivity contribution is -0.139. The summed E-state index contributed by atoms with van der Waals surface area (Å²) in [5.41, 5.74) is 0.211. The molecule has 1 saturated heterocycles. The van der Waals surface area contributed by atoms with Gasteiger partial charge in [0.25, 0.3) is 0 Å². The zero-order chi connectivity index (χ0) is 15.2. The van der Waals surface area contributed by atoms with Gasteiger partial charge < -0.3 is 15.0 Å². The molecule has 0 aromatic heterocycles. The summed E-state index contributed by atoms with van der Waals surface area (Å²) < 4.78 is 5.45. The fourth-order valence-corrected chi connectivity index (χ4v) is 2.39. The highest BCUT2D eigenvalue weighted by Gasteiger charge is 2.41. The van der Waals surface area contributed by atoms with Crippen LogP contribution in [0.15, 0.2) is 12.2 Å². The average molecular weight is 282 g/mol. The lowest BCUT2D eigenvalue weighted by Crippen LogP contribution is -2.56. The molecule has 0 aromatic carbocycles. The van der Waals surface area contributed by atoms with Crippen LogP contribution in [-0.4, -0.2) is 48.6 Å². The average Bonchev–Trinajstić information content (AvgIpc) is 2.54. The molecule has 5 heteroatoms. The Balaban J connectivity index is 2.67. The molecule has 5 nitrogen and oxygen atoms in total. The Morgan fingerprint density at radius 2 is 2.05 bits per heavy atom. The molecule has 0 aliphatic carbocycles. The van der Waals surface area contributed by atoms with Gasteiger partial charge >= 0.3 is 0 Å². The summed E-state index contributed by atoms with van der Waals surface area (Å²) in [5.74, 6) is -0.0420. The molecule has 1 aliphatic rings. The lowest BCUT2D eigenvalue weighted by Gasteiger charge is -2.33. The molecule has 0 atom stereocenters. The molecule has 0 aromatic rings. The smallest absolute Gasteiger partial charge is 0.248 e. The predicted octanol–water partition coefficient (Wildman–Crippen LogP) is 1.49. The number of ether oxygens (including phenoxy) is 1. The highest BCUT2D eigenvalue weighted by Crippen LogP contribution is 2.21. The van der Waals surface area contributed by atoms with Crippen LogP contribution in [0, 0.1) is 0 Å². The van der Waals surface area contributed by atoms with Crippen molar-refractivity contribution in [3.63, 3.8) is 0 Å². The van der Waals surface area contributed by atoms with Crippen LogP contribution in [0.25, 0.3) is 0 Å². The van der Waals surface area contributed by atoms with E-state index < -0.39 is 5.54 Å². The van der Waals surface area contributed by atoms with E-state index in [0.29, 0.717) is 45.6 Å². The summed E-state index contributed by atoms with van der Waals surface area (Å²) in [5, 5.41) is 2.90. The van der Waals surface area contributed by atoms with Gasteiger partial charge in [0.2, 0.25) is 11.8 Å². The minimum absolute atomic E-state index is 0.00674. The minimum Gasteiger partial charge on any atom is -0.375 e. The molecule has 1 heterocycles. The summed E-state index contributed by atoms with van der Waals surface area (Å²) >= 11 is 0. The molecule has 1 N–H and O–H groups in total. The van der Waals surface area contributed by atoms with Gasteiger partial charge in [-0.15, -0.1) is 0 Å². The molecule has 1 aliphatic heterocycles. The van der Waals surface area contributed by atoms with E-state index in [1.54, 1.807) is 4.90 Å². The van der Waals surface area contributed by atoms with Gasteiger partial charge in [-0.2, -0.15) is 0 Å². The molecule has 0 radical (unpaired) electrons. The summed E-state index contributed by atoms with van der Waals surface area (Å²) in [6.07, 6.45) is 1.57. The highest BCUT2D eigenvalue weighted by atomic mass is 16.5. The normalized spacial score (nSPS) is 18.6. The maximum absolute atomic E-state index is 12.6. The van der Waals surface area contributed by atoms with Crippen LogP contribution < -0.4 is 5.32 Å². The summed E-state index contributed by atoms with van der Waals surface area (Å²) in [6.45, 7) is 11.5. The van der Waals surface area contributed by atoms with Crippen molar-refractivity contribution in [3.05, 3.63) is 12.2 Å². The van der Waals surface area contributed by atoms with Gasteiger partial charge in [0.15, 0.2) is 0 Å². The van der Waals surface area contributed by atoms with Crippen LogP contribution in [-0.2, 0) is 14.3 Å². The maximum atomic E-state index is 12.6. The van der Waals surface area contributed by atoms with E-state index in [2.05, 4.69) is 11.9 Å². The molecule has 2 amide bonds. The first-order valence-electron chi connectivity index (χ1n) is 7.27. The Hall–Kier alpha value is -1.36. The summed E-state index contributed by atoms with van der Waals surface area (Å²) in [4.78, 5) is 26.2. The third-order valence-corrected chi connectivity index (χ3v) is 3.75. The standard InChI is InChI=1S/C15H26N2O3/c1-5-15(6-2)14(19)17(8-7-13(18)16-15)9-10-20-11-12(3)4/h3,5-11H2,1-2,4H3,(H,16,18). The van der Waals surface area contributed by atoms with E-state index in [9.17, 15) is 9.59 Å². The van der Waals surface area contributed by atoms with Crippen molar-refractivity contribution >= 4 is 11.8 Å². The second-order valence-corrected chi connectivity index (χ2v) is 5.39. The molecule has 20 heavy (non-hydrogen) atoms. The van der Waals surface area contributed by atoms with Crippen molar-refractivity contribution in [1.82, 2.24) is 10.2 Å². The van der Waals surface area contributed by atoms with Crippen molar-refractivity contribution in [2.24, 2.45) is 0 Å². The Morgan fingerprint density at radius 1 is 1.40 bits per heavy atom. The van der Waals surface area contributed by atoms with E-state index >= 15 is 0 Å². The van der Waals surface area contributed by atoms with Gasteiger partial charge in [-0.25, -0.2) is 0 Å². The van der Waals surface area contributed by atoms with Gasteiger partial charge in [0.05, 0.1) is 13.2 Å². The molecule has 0 spiro atoms. The first-order valence-corrected chi connectivity index (χ1v) is 7.27. The predicted molar refractivity (Wildman–Crippen MR) is 78.3 cm³/mol. The number of amides is 2. The molecule has 114 valence electrons. The topological polar surface area (TPSA) is 58.6 Å². The summed E-state index contributed by atoms with van der Waals surface area (Å²) in [7, 11) is 0. The van der Waals surface area contributed by atoms with Crippen LogP contribution in [0.5, 0.6) is 0 Å². The minimum atomic E-state index is -0.748. The van der Waals surface area contributed by atoms with Crippen molar-refractivity contribution < 1.29 is 14.3 Å². The summed E-state index contributed by atoms with van der Waals surface area (Å²) in [6, 6.07) is 0. The number of carbonyl (C=O) groups excluding carboxylic acids is 2. The highest BCUT2D eigenvalue weighted by molar-refractivity contribution is 5.93. The molecule has 0 saturated carbocycles. The third kappa shape index (κ3) is 4.07. The first-order chi connectivity index (χ1) is 9.45. The van der Waals surface area contributed by atoms with E-state index in [4.69, 9.17) is 4.74 Å². The van der Waals surface area contributed by atoms with Crippen LogP contribution in [0.3, 0.4) is 0 Å². The Kier molecular flexibility index (Phi) is 6.20. The van der Waals surface area contributed by atoms with Crippen LogP contribution in [0.1, 0.15) is 40.0 Å². The number of nitrogens with zero attached hydrogens (tertiary/aromatic N) is 1. The fourth-order valence-electron chi connectivity index (χ4n) is 2.39. The van der Waals surface area contributed by atoms with Crippen molar-refractivity contribution in [2.75, 3.05) is 26.3 Å². The van der Waals surface area contributed by atoms with Crippen molar-refractivity contribution in [1.29, 1.82) is 0 Å². The zero-order valence-corrected chi connectivity index (χ0v) is 12.8. The zero-order valence-electron chi connectivity index (χ0n) is 12.8. The van der Waals surface area contributed by atoms with Gasteiger partial charge in [-0.3, -0.25) is 9.59 Å². The Bertz CT molecular complexity index is 375. The SMILES string of the molecule is C=C(C)COCCN1CCC(=O)NC(CC)(CC)C1=O. The van der Waals surface area contributed by atoms with E-state index in [1.807, 2.05) is 20.8 Å². The molecular formula is C15H26N2O3. The van der Waals surface area contributed by atoms with Gasteiger partial charge in [0, 0.05) is 19.5 Å². The largest absolute Gasteiger partial charge is 0.375 e. The first kappa shape index (κ1) is 16.7. The van der Waals surface area contributed by atoms with E-state index in [1.165, 1.54) is 0 Å². The second-order valence-electron chi connectivity index (χ2n) is 5.39. The third-order valence-electron chi connectivity index (χ3n) is 3.75. The van der Waals surface area contributed by atoms with E-state index in [-0.39, 0.29) is 11.8 Å². The number of carbonyl (C=O) groups is 2. The number of rotatable bonds is 7. The van der Waals surface area contributed by atoms with Gasteiger partial charge in [-0.1, -0.05) is 26.0 Å². The number of hydrogen-bond donors (Lipinski definition) is 1. The second kappa shape index (κ2) is 7.43. The van der Waals surface area contributed by atoms with Crippen molar-refractivity contribution in [3.8, 4) is 0 Å². The maximum Gasteiger partial charge on any atom is 0.248 e. The molecule has 1 rings (SSSR count). The number of hydrogen-bond acceptors (Lipinski definition) is 3. The molecule has 0 bridgehead atoms. The molecule has 0 unspecified atom stereocenters. The Morgan fingerprint density at radius 3 is 2.60 bits per heavy atom. The van der Waals surface area contributed by atoms with Crippen LogP contribution >= 0.6 is 0 Å². The van der Waals surface area contributed by atoms with Crippen molar-refractivity contribution in [2.45, 2.75) is 45.6 Å². The molecule has 1 fully saturated rings. The van der Waals surface area contributed by atoms with Crippen LogP contribution in [0.2, 0.25) is 0 Å². The van der Waals surface area contributed by atoms with E-state index in [0.717, 1.165) is 5.57 Å². The van der Waals surface area contributed by atoms with Gasteiger partial charge in [-0.05, 0) is 19.8 Å². The lowest BCUT2D eigenvalue weighted by atomic mass is 9.91. The Labute approximate surface area is 121 Å². The van der Waals surface area contributed by atoms with Crippen LogP contribution in [0.4, 0.5) is 0 Å². The quantitative estimate of drug-likeness (QED) is 0.568. The fraction of sp³-hybridized carbons (Fsp3) is 0.733. The van der Waals surface area contributed by atoms with Gasteiger partial charge in [0.1, 0.15) is 5.54 Å². The molecular weight excluding hydrogens is 256 g/mol.